The second kappa shape index (κ2) is 9.77. The zero-order chi connectivity index (χ0) is 23.4. The van der Waals surface area contributed by atoms with Crippen molar-refractivity contribution in [1.82, 2.24) is 0 Å². The quantitative estimate of drug-likeness (QED) is 0.209. The number of rotatable bonds is 7. The van der Waals surface area contributed by atoms with Crippen molar-refractivity contribution in [1.29, 1.82) is 0 Å². The largest absolute Gasteiger partial charge is 0.377 e. The molecule has 0 fully saturated rings. The molecule has 1 aliphatic rings. The summed E-state index contributed by atoms with van der Waals surface area (Å²) in [5, 5.41) is 3.44. The second-order valence-electron chi connectivity index (χ2n) is 8.04. The van der Waals surface area contributed by atoms with Crippen LogP contribution in [0.4, 0.5) is 25.8 Å². The first-order chi connectivity index (χ1) is 15.3. The predicted octanol–water partition coefficient (Wildman–Crippen LogP) is 5.33. The Kier molecular flexibility index (Phi) is 7.08. The Labute approximate surface area is 187 Å². The number of halogens is 2. The molecular weight excluding hydrogens is 410 g/mol. The summed E-state index contributed by atoms with van der Waals surface area (Å²) in [5.41, 5.74) is 5.56. The maximum atomic E-state index is 14.0. The fourth-order valence-corrected chi connectivity index (χ4v) is 4.09. The van der Waals surface area contributed by atoms with Gasteiger partial charge in [-0.1, -0.05) is 12.6 Å². The van der Waals surface area contributed by atoms with E-state index >= 15 is 0 Å². The Balaban J connectivity index is 2.24. The maximum absolute atomic E-state index is 14.0. The van der Waals surface area contributed by atoms with E-state index in [2.05, 4.69) is 16.6 Å². The molecule has 0 saturated heterocycles. The van der Waals surface area contributed by atoms with Crippen molar-refractivity contribution in [3.8, 4) is 0 Å². The highest BCUT2D eigenvalue weighted by Gasteiger charge is 2.26. The summed E-state index contributed by atoms with van der Waals surface area (Å²) in [4.78, 5) is 15.4. The zero-order valence-electron chi connectivity index (χ0n) is 18.6. The van der Waals surface area contributed by atoms with Crippen molar-refractivity contribution in [2.45, 2.75) is 26.2 Å². The highest BCUT2D eigenvalue weighted by Crippen LogP contribution is 2.42. The molecule has 0 saturated carbocycles. The third-order valence-corrected chi connectivity index (χ3v) is 5.57. The van der Waals surface area contributed by atoms with E-state index in [0.29, 0.717) is 23.3 Å². The molecule has 168 valence electrons. The van der Waals surface area contributed by atoms with Crippen molar-refractivity contribution < 1.29 is 13.6 Å². The molecule has 0 aromatic heterocycles. The van der Waals surface area contributed by atoms with Crippen LogP contribution in [0.1, 0.15) is 42.0 Å². The number of carbonyl (C=O) groups excluding carboxylic acids is 1. The minimum atomic E-state index is -2.67. The van der Waals surface area contributed by atoms with Gasteiger partial charge in [0.2, 0.25) is 0 Å². The molecule has 0 bridgehead atoms. The fourth-order valence-electron chi connectivity index (χ4n) is 4.09. The van der Waals surface area contributed by atoms with Gasteiger partial charge in [0.25, 0.3) is 6.43 Å². The summed E-state index contributed by atoms with van der Waals surface area (Å²) in [6.45, 7) is 6.28. The van der Waals surface area contributed by atoms with Gasteiger partial charge in [-0.15, -0.1) is 0 Å². The number of benzene rings is 2. The van der Waals surface area contributed by atoms with Crippen LogP contribution in [-0.2, 0) is 11.2 Å². The average molecular weight is 439 g/mol. The number of hydrogen-bond acceptors (Lipinski definition) is 5. The molecule has 0 aliphatic carbocycles. The summed E-state index contributed by atoms with van der Waals surface area (Å²) in [7, 11) is 3.87. The average Bonchev–Trinajstić information content (AvgIpc) is 2.77. The van der Waals surface area contributed by atoms with E-state index in [-0.39, 0.29) is 5.56 Å². The number of carbonyl (C=O) groups is 1. The van der Waals surface area contributed by atoms with Crippen LogP contribution in [0.25, 0.3) is 11.6 Å². The monoisotopic (exact) mass is 438 g/mol. The van der Waals surface area contributed by atoms with Gasteiger partial charge in [0, 0.05) is 43.1 Å². The fraction of sp³-hybridized carbons (Fsp3) is 0.280. The molecule has 5 nitrogen and oxygen atoms in total. The lowest BCUT2D eigenvalue weighted by molar-refractivity contribution is -0.104. The highest BCUT2D eigenvalue weighted by molar-refractivity contribution is 6.09. The Morgan fingerprint density at radius 3 is 2.66 bits per heavy atom. The molecule has 1 aliphatic heterocycles. The lowest BCUT2D eigenvalue weighted by Gasteiger charge is -2.34. The number of alkyl halides is 2. The van der Waals surface area contributed by atoms with Crippen LogP contribution in [0.5, 0.6) is 0 Å². The van der Waals surface area contributed by atoms with Crippen molar-refractivity contribution >= 4 is 41.2 Å². The van der Waals surface area contributed by atoms with Gasteiger partial charge in [-0.3, -0.25) is 4.79 Å². The van der Waals surface area contributed by atoms with Gasteiger partial charge in [-0.25, -0.2) is 8.78 Å². The van der Waals surface area contributed by atoms with Gasteiger partial charge in [-0.05, 0) is 72.4 Å². The smallest absolute Gasteiger partial charge is 0.264 e. The summed E-state index contributed by atoms with van der Waals surface area (Å²) in [6.07, 6.45) is 2.90. The van der Waals surface area contributed by atoms with Gasteiger partial charge in [-0.2, -0.15) is 5.10 Å². The number of anilines is 3. The number of hydrazone groups is 1. The minimum absolute atomic E-state index is 0.106. The first-order valence-corrected chi connectivity index (χ1v) is 10.4. The number of aryl methyl sites for hydroxylation is 1. The van der Waals surface area contributed by atoms with Crippen LogP contribution in [0, 0.1) is 0 Å². The van der Waals surface area contributed by atoms with Crippen LogP contribution < -0.4 is 15.6 Å². The molecule has 0 radical (unpaired) electrons. The van der Waals surface area contributed by atoms with Crippen molar-refractivity contribution in [3.63, 3.8) is 0 Å². The van der Waals surface area contributed by atoms with Crippen molar-refractivity contribution in [3.05, 3.63) is 64.7 Å². The Hall–Kier alpha value is -3.48. The predicted molar refractivity (Wildman–Crippen MR) is 129 cm³/mol. The van der Waals surface area contributed by atoms with E-state index in [9.17, 15) is 13.6 Å². The molecule has 2 aromatic carbocycles. The Morgan fingerprint density at radius 1 is 1.28 bits per heavy atom. The van der Waals surface area contributed by atoms with Crippen LogP contribution in [0.2, 0.25) is 0 Å². The molecule has 32 heavy (non-hydrogen) atoms. The third kappa shape index (κ3) is 4.56. The molecule has 2 aromatic rings. The summed E-state index contributed by atoms with van der Waals surface area (Å²) in [6, 6.07) is 9.19. The van der Waals surface area contributed by atoms with Crippen molar-refractivity contribution in [2.75, 3.05) is 30.4 Å². The molecule has 2 N–H and O–H groups in total. The summed E-state index contributed by atoms with van der Waals surface area (Å²) < 4.78 is 28.0. The van der Waals surface area contributed by atoms with Gasteiger partial charge < -0.3 is 15.6 Å². The van der Waals surface area contributed by atoms with Crippen LogP contribution in [0.15, 0.2) is 47.6 Å². The van der Waals surface area contributed by atoms with E-state index in [1.54, 1.807) is 19.1 Å². The Morgan fingerprint density at radius 2 is 2.03 bits per heavy atom. The topological polar surface area (TPSA) is 61.9 Å². The number of nitrogens with zero attached hydrogens (tertiary/aromatic N) is 3. The molecular formula is C25H28F2N4O. The number of nitrogens with two attached hydrogens (primary N) is 1. The number of hydrogen-bond donors (Lipinski definition) is 1. The van der Waals surface area contributed by atoms with E-state index in [1.807, 2.05) is 43.3 Å². The summed E-state index contributed by atoms with van der Waals surface area (Å²) >= 11 is 0. The van der Waals surface area contributed by atoms with E-state index < -0.39 is 6.43 Å². The number of aldehydes is 1. The number of allylic oxidation sites excluding steroid dienone is 2. The van der Waals surface area contributed by atoms with E-state index in [1.165, 1.54) is 6.21 Å². The molecule has 0 atom stereocenters. The third-order valence-electron chi connectivity index (χ3n) is 5.57. The maximum Gasteiger partial charge on any atom is 0.264 e. The van der Waals surface area contributed by atoms with Gasteiger partial charge >= 0.3 is 0 Å². The molecule has 7 heteroatoms. The van der Waals surface area contributed by atoms with Crippen LogP contribution in [-0.4, -0.2) is 33.1 Å². The van der Waals surface area contributed by atoms with Crippen molar-refractivity contribution in [2.24, 2.45) is 10.9 Å². The standard InChI is InChI=1S/C25H28F2N4O/c1-16(15-32)11-21-22(30(3)4)8-5-9-23(21)31-10-6-7-18-12-19(17(2)14-29-28)20(25(26)27)13-24(18)31/h5,8-9,11-15,25H,2,6-7,10,28H2,1,3-4H3/b16-11-,29-14-. The molecule has 0 unspecified atom stereocenters. The van der Waals surface area contributed by atoms with Gasteiger partial charge in [0.05, 0.1) is 11.9 Å². The Bertz CT molecular complexity index is 1090. The first kappa shape index (κ1) is 23.2. The van der Waals surface area contributed by atoms with E-state index in [0.717, 1.165) is 47.3 Å². The lowest BCUT2D eigenvalue weighted by atomic mass is 9.91. The SMILES string of the molecule is C=C(/C=N\N)c1cc2c(cc1C(F)F)N(c1cccc(N(C)C)c1/C=C(/C)C=O)CCC2. The van der Waals surface area contributed by atoms with Crippen LogP contribution >= 0.6 is 0 Å². The lowest BCUT2D eigenvalue weighted by Crippen LogP contribution is -2.26. The van der Waals surface area contributed by atoms with Crippen LogP contribution in [0.3, 0.4) is 0 Å². The molecule has 1 heterocycles. The van der Waals surface area contributed by atoms with Gasteiger partial charge in [0.1, 0.15) is 6.29 Å². The normalized spacial score (nSPS) is 14.1. The molecule has 0 spiro atoms. The summed E-state index contributed by atoms with van der Waals surface area (Å²) in [5.74, 6) is 5.21. The zero-order valence-corrected chi connectivity index (χ0v) is 18.6. The first-order valence-electron chi connectivity index (χ1n) is 10.4. The minimum Gasteiger partial charge on any atom is -0.377 e. The number of fused-ring (bicyclic) bond motifs is 1. The molecule has 0 amide bonds. The second-order valence-corrected chi connectivity index (χ2v) is 8.04. The highest BCUT2D eigenvalue weighted by atomic mass is 19.3. The van der Waals surface area contributed by atoms with E-state index in [4.69, 9.17) is 5.84 Å². The molecule has 3 rings (SSSR count). The van der Waals surface area contributed by atoms with Gasteiger partial charge in [0.15, 0.2) is 0 Å².